The summed E-state index contributed by atoms with van der Waals surface area (Å²) in [5.74, 6) is 0.610. The molecule has 0 bridgehead atoms. The molecule has 142 valence electrons. The van der Waals surface area contributed by atoms with E-state index in [9.17, 15) is 13.2 Å². The average Bonchev–Trinajstić information content (AvgIpc) is 3.16. The summed E-state index contributed by atoms with van der Waals surface area (Å²) < 4.78 is 38.0. The van der Waals surface area contributed by atoms with Gasteiger partial charge < -0.3 is 15.2 Å². The summed E-state index contributed by atoms with van der Waals surface area (Å²) in [6, 6.07) is 11.3. The molecule has 1 aliphatic heterocycles. The molecule has 0 radical (unpaired) electrons. The molecule has 4 rings (SSSR count). The van der Waals surface area contributed by atoms with Crippen molar-refractivity contribution in [3.63, 3.8) is 0 Å². The SMILES string of the molecule is FC(F)(F)c1ccc(N2CCC(NCc3cccc4[nH]ccc34)CC2)nc1. The topological polar surface area (TPSA) is 44.0 Å². The summed E-state index contributed by atoms with van der Waals surface area (Å²) in [7, 11) is 0. The Balaban J connectivity index is 1.32. The van der Waals surface area contributed by atoms with Crippen LogP contribution in [0.2, 0.25) is 0 Å². The van der Waals surface area contributed by atoms with E-state index in [1.165, 1.54) is 17.0 Å². The van der Waals surface area contributed by atoms with E-state index in [2.05, 4.69) is 39.6 Å². The van der Waals surface area contributed by atoms with Gasteiger partial charge in [0.1, 0.15) is 5.82 Å². The third kappa shape index (κ3) is 3.93. The first-order valence-electron chi connectivity index (χ1n) is 9.07. The Hall–Kier alpha value is -2.54. The Morgan fingerprint density at radius 1 is 1.11 bits per heavy atom. The predicted molar refractivity (Wildman–Crippen MR) is 99.6 cm³/mol. The lowest BCUT2D eigenvalue weighted by Crippen LogP contribution is -2.42. The van der Waals surface area contributed by atoms with Gasteiger partial charge in [-0.2, -0.15) is 13.2 Å². The van der Waals surface area contributed by atoms with Gasteiger partial charge in [0.15, 0.2) is 0 Å². The van der Waals surface area contributed by atoms with E-state index in [4.69, 9.17) is 0 Å². The predicted octanol–water partition coefficient (Wildman–Crippen LogP) is 4.34. The third-order valence-corrected chi connectivity index (χ3v) is 5.16. The molecular weight excluding hydrogens is 353 g/mol. The summed E-state index contributed by atoms with van der Waals surface area (Å²) in [4.78, 5) is 9.27. The maximum Gasteiger partial charge on any atom is 0.417 e. The number of aromatic amines is 1. The van der Waals surface area contributed by atoms with Crippen LogP contribution in [-0.2, 0) is 12.7 Å². The molecule has 0 amide bonds. The first-order chi connectivity index (χ1) is 13.0. The van der Waals surface area contributed by atoms with Crippen LogP contribution in [0.15, 0.2) is 48.8 Å². The van der Waals surface area contributed by atoms with Crippen LogP contribution < -0.4 is 10.2 Å². The summed E-state index contributed by atoms with van der Waals surface area (Å²) in [5.41, 5.74) is 1.69. The second-order valence-electron chi connectivity index (χ2n) is 6.90. The molecule has 0 spiro atoms. The first-order valence-corrected chi connectivity index (χ1v) is 9.07. The van der Waals surface area contributed by atoms with E-state index in [1.54, 1.807) is 0 Å². The maximum absolute atomic E-state index is 12.7. The highest BCUT2D eigenvalue weighted by Crippen LogP contribution is 2.29. The van der Waals surface area contributed by atoms with Crippen LogP contribution >= 0.6 is 0 Å². The Bertz CT molecular complexity index is 893. The Morgan fingerprint density at radius 2 is 1.93 bits per heavy atom. The van der Waals surface area contributed by atoms with Crippen LogP contribution in [0.25, 0.3) is 10.9 Å². The molecule has 0 saturated carbocycles. The molecule has 1 fully saturated rings. The summed E-state index contributed by atoms with van der Waals surface area (Å²) in [5, 5.41) is 4.84. The molecule has 0 atom stereocenters. The summed E-state index contributed by atoms with van der Waals surface area (Å²) >= 11 is 0. The number of fused-ring (bicyclic) bond motifs is 1. The number of nitrogens with zero attached hydrogens (tertiary/aromatic N) is 2. The summed E-state index contributed by atoms with van der Waals surface area (Å²) in [6.07, 6.45) is 0.392. The van der Waals surface area contributed by atoms with Gasteiger partial charge in [-0.25, -0.2) is 4.98 Å². The number of anilines is 1. The lowest BCUT2D eigenvalue weighted by atomic mass is 10.0. The molecule has 2 N–H and O–H groups in total. The zero-order chi connectivity index (χ0) is 18.9. The third-order valence-electron chi connectivity index (χ3n) is 5.16. The van der Waals surface area contributed by atoms with Crippen molar-refractivity contribution in [1.82, 2.24) is 15.3 Å². The lowest BCUT2D eigenvalue weighted by Gasteiger charge is -2.33. The van der Waals surface area contributed by atoms with Gasteiger partial charge in [0.2, 0.25) is 0 Å². The second-order valence-corrected chi connectivity index (χ2v) is 6.90. The lowest BCUT2D eigenvalue weighted by molar-refractivity contribution is -0.137. The van der Waals surface area contributed by atoms with E-state index in [1.807, 2.05) is 11.1 Å². The normalized spacial score (nSPS) is 16.2. The van der Waals surface area contributed by atoms with Crippen molar-refractivity contribution < 1.29 is 13.2 Å². The van der Waals surface area contributed by atoms with Crippen LogP contribution in [0.3, 0.4) is 0 Å². The largest absolute Gasteiger partial charge is 0.417 e. The highest BCUT2D eigenvalue weighted by molar-refractivity contribution is 5.82. The highest BCUT2D eigenvalue weighted by Gasteiger charge is 2.31. The minimum Gasteiger partial charge on any atom is -0.361 e. The van der Waals surface area contributed by atoms with Crippen molar-refractivity contribution in [1.29, 1.82) is 0 Å². The van der Waals surface area contributed by atoms with Gasteiger partial charge in [0.05, 0.1) is 5.56 Å². The van der Waals surface area contributed by atoms with Crippen LogP contribution in [0, 0.1) is 0 Å². The summed E-state index contributed by atoms with van der Waals surface area (Å²) in [6.45, 7) is 2.37. The van der Waals surface area contributed by atoms with Gasteiger partial charge >= 0.3 is 6.18 Å². The Morgan fingerprint density at radius 3 is 2.63 bits per heavy atom. The molecule has 4 nitrogen and oxygen atoms in total. The first kappa shape index (κ1) is 17.9. The van der Waals surface area contributed by atoms with Crippen LogP contribution in [0.5, 0.6) is 0 Å². The fourth-order valence-corrected chi connectivity index (χ4v) is 3.61. The van der Waals surface area contributed by atoms with Gasteiger partial charge in [0, 0.05) is 49.0 Å². The van der Waals surface area contributed by atoms with Crippen molar-refractivity contribution in [3.05, 3.63) is 59.9 Å². The van der Waals surface area contributed by atoms with Gasteiger partial charge in [-0.3, -0.25) is 0 Å². The van der Waals surface area contributed by atoms with E-state index in [0.717, 1.165) is 50.3 Å². The molecule has 0 aliphatic carbocycles. The smallest absolute Gasteiger partial charge is 0.361 e. The van der Waals surface area contributed by atoms with Crippen LogP contribution in [-0.4, -0.2) is 29.1 Å². The molecule has 27 heavy (non-hydrogen) atoms. The number of benzene rings is 1. The fraction of sp³-hybridized carbons (Fsp3) is 0.350. The fourth-order valence-electron chi connectivity index (χ4n) is 3.61. The average molecular weight is 374 g/mol. The van der Waals surface area contributed by atoms with Crippen molar-refractivity contribution in [2.75, 3.05) is 18.0 Å². The van der Waals surface area contributed by atoms with E-state index < -0.39 is 11.7 Å². The minimum atomic E-state index is -4.34. The van der Waals surface area contributed by atoms with Crippen LogP contribution in [0.4, 0.5) is 19.0 Å². The monoisotopic (exact) mass is 374 g/mol. The number of pyridine rings is 1. The van der Waals surface area contributed by atoms with Gasteiger partial charge in [-0.05, 0) is 42.7 Å². The molecule has 1 saturated heterocycles. The van der Waals surface area contributed by atoms with E-state index in [0.29, 0.717) is 11.9 Å². The van der Waals surface area contributed by atoms with Crippen molar-refractivity contribution >= 4 is 16.7 Å². The Kier molecular flexibility index (Phi) is 4.78. The van der Waals surface area contributed by atoms with Gasteiger partial charge in [0.25, 0.3) is 0 Å². The van der Waals surface area contributed by atoms with Gasteiger partial charge in [-0.1, -0.05) is 12.1 Å². The number of H-pyrrole nitrogens is 1. The number of nitrogens with one attached hydrogen (secondary N) is 2. The molecule has 2 aromatic heterocycles. The molecule has 1 aliphatic rings. The number of rotatable bonds is 4. The standard InChI is InChI=1S/C20H21F3N4/c21-20(22,23)15-4-5-19(26-13-15)27-10-7-16(8-11-27)25-12-14-2-1-3-18-17(14)6-9-24-18/h1-6,9,13,16,24-25H,7-8,10-12H2. The Labute approximate surface area is 155 Å². The zero-order valence-corrected chi connectivity index (χ0v) is 14.8. The number of alkyl halides is 3. The van der Waals surface area contributed by atoms with E-state index in [-0.39, 0.29) is 0 Å². The molecule has 3 heterocycles. The molecule has 3 aromatic rings. The molecule has 7 heteroatoms. The number of hydrogen-bond acceptors (Lipinski definition) is 3. The quantitative estimate of drug-likeness (QED) is 0.714. The van der Waals surface area contributed by atoms with Gasteiger partial charge in [-0.15, -0.1) is 0 Å². The van der Waals surface area contributed by atoms with Crippen molar-refractivity contribution in [2.45, 2.75) is 31.6 Å². The van der Waals surface area contributed by atoms with Crippen LogP contribution in [0.1, 0.15) is 24.0 Å². The number of hydrogen-bond donors (Lipinski definition) is 2. The van der Waals surface area contributed by atoms with Crippen molar-refractivity contribution in [3.8, 4) is 0 Å². The highest BCUT2D eigenvalue weighted by atomic mass is 19.4. The second kappa shape index (κ2) is 7.23. The number of aromatic nitrogens is 2. The number of halogens is 3. The zero-order valence-electron chi connectivity index (χ0n) is 14.8. The molecule has 1 aromatic carbocycles. The minimum absolute atomic E-state index is 0.393. The maximum atomic E-state index is 12.7. The van der Waals surface area contributed by atoms with Crippen molar-refractivity contribution in [2.24, 2.45) is 0 Å². The number of piperidine rings is 1. The van der Waals surface area contributed by atoms with E-state index >= 15 is 0 Å². The molecule has 0 unspecified atom stereocenters. The molecular formula is C20H21F3N4.